The lowest BCUT2D eigenvalue weighted by atomic mass is 9.99. The molecule has 1 aliphatic carbocycles. The van der Waals surface area contributed by atoms with Gasteiger partial charge in [0.25, 0.3) is 0 Å². The van der Waals surface area contributed by atoms with Gasteiger partial charge in [-0.3, -0.25) is 4.79 Å². The molecule has 1 fully saturated rings. The van der Waals surface area contributed by atoms with Crippen molar-refractivity contribution in [1.29, 1.82) is 0 Å². The number of carbonyl (C=O) groups excluding carboxylic acids is 1. The molecule has 0 saturated heterocycles. The normalized spacial score (nSPS) is 18.6. The van der Waals surface area contributed by atoms with E-state index in [0.29, 0.717) is 13.0 Å². The SMILES string of the molecule is CCCCCCC(CCCCCCCCC1CC1CCCCCCCC(=O)OCC)N(C)C. The predicted molar refractivity (Wildman–Crippen MR) is 144 cm³/mol. The number of hydrogen-bond acceptors (Lipinski definition) is 3. The highest BCUT2D eigenvalue weighted by Crippen LogP contribution is 2.45. The van der Waals surface area contributed by atoms with Crippen molar-refractivity contribution in [2.24, 2.45) is 11.8 Å². The summed E-state index contributed by atoms with van der Waals surface area (Å²) in [6, 6.07) is 0.804. The third kappa shape index (κ3) is 17.5. The molecule has 3 atom stereocenters. The minimum absolute atomic E-state index is 0.0237. The lowest BCUT2D eigenvalue weighted by Gasteiger charge is -2.24. The number of carbonyl (C=O) groups is 1. The molecule has 0 aromatic rings. The molecule has 0 radical (unpaired) electrons. The second kappa shape index (κ2) is 20.8. The molecule has 0 aromatic heterocycles. The van der Waals surface area contributed by atoms with Crippen LogP contribution in [0.4, 0.5) is 0 Å². The molecule has 0 bridgehead atoms. The van der Waals surface area contributed by atoms with E-state index < -0.39 is 0 Å². The van der Waals surface area contributed by atoms with Gasteiger partial charge in [-0.2, -0.15) is 0 Å². The smallest absolute Gasteiger partial charge is 0.305 e. The highest BCUT2D eigenvalue weighted by Gasteiger charge is 2.34. The fourth-order valence-corrected chi connectivity index (χ4v) is 5.42. The number of esters is 1. The molecular formula is C30H59NO2. The van der Waals surface area contributed by atoms with Gasteiger partial charge < -0.3 is 9.64 Å². The molecule has 3 nitrogen and oxygen atoms in total. The zero-order valence-corrected chi connectivity index (χ0v) is 23.1. The largest absolute Gasteiger partial charge is 0.466 e. The molecule has 3 unspecified atom stereocenters. The van der Waals surface area contributed by atoms with Crippen LogP contribution < -0.4 is 0 Å². The van der Waals surface area contributed by atoms with Crippen LogP contribution in [0.15, 0.2) is 0 Å². The maximum Gasteiger partial charge on any atom is 0.305 e. The standard InChI is InChI=1S/C30H59NO2/c1-5-7-8-18-23-29(31(3)4)24-19-14-10-9-12-16-21-27-26-28(27)22-17-13-11-15-20-25-30(32)33-6-2/h27-29H,5-26H2,1-4H3. The molecule has 1 aliphatic rings. The molecule has 0 heterocycles. The van der Waals surface area contributed by atoms with Gasteiger partial charge in [-0.25, -0.2) is 0 Å². The van der Waals surface area contributed by atoms with Crippen LogP contribution >= 0.6 is 0 Å². The first-order valence-corrected chi connectivity index (χ1v) is 14.9. The van der Waals surface area contributed by atoms with E-state index in [0.717, 1.165) is 24.3 Å². The molecule has 0 N–H and O–H groups in total. The quantitative estimate of drug-likeness (QED) is 0.105. The Morgan fingerprint density at radius 2 is 1.21 bits per heavy atom. The first-order valence-electron chi connectivity index (χ1n) is 14.9. The monoisotopic (exact) mass is 465 g/mol. The number of rotatable bonds is 24. The van der Waals surface area contributed by atoms with E-state index >= 15 is 0 Å². The van der Waals surface area contributed by atoms with Crippen molar-refractivity contribution < 1.29 is 9.53 Å². The minimum Gasteiger partial charge on any atom is -0.466 e. The fraction of sp³-hybridized carbons (Fsp3) is 0.967. The van der Waals surface area contributed by atoms with Gasteiger partial charge in [0.15, 0.2) is 0 Å². The minimum atomic E-state index is -0.0237. The number of ether oxygens (including phenoxy) is 1. The summed E-state index contributed by atoms with van der Waals surface area (Å²) in [6.07, 6.45) is 28.3. The van der Waals surface area contributed by atoms with Crippen molar-refractivity contribution in [3.05, 3.63) is 0 Å². The summed E-state index contributed by atoms with van der Waals surface area (Å²) < 4.78 is 4.98. The van der Waals surface area contributed by atoms with Gasteiger partial charge in [-0.15, -0.1) is 0 Å². The van der Waals surface area contributed by atoms with Crippen molar-refractivity contribution in [2.45, 2.75) is 155 Å². The number of unbranched alkanes of at least 4 members (excludes halogenated alkanes) is 12. The van der Waals surface area contributed by atoms with E-state index in [1.807, 2.05) is 6.92 Å². The Balaban J connectivity index is 1.84. The summed E-state index contributed by atoms with van der Waals surface area (Å²) in [7, 11) is 4.54. The van der Waals surface area contributed by atoms with Crippen LogP contribution in [-0.2, 0) is 9.53 Å². The van der Waals surface area contributed by atoms with Crippen LogP contribution in [0.5, 0.6) is 0 Å². The van der Waals surface area contributed by atoms with Gasteiger partial charge in [-0.1, -0.05) is 110 Å². The first kappa shape index (κ1) is 30.5. The predicted octanol–water partition coefficient (Wildman–Crippen LogP) is 8.94. The van der Waals surface area contributed by atoms with Gasteiger partial charge in [0.2, 0.25) is 0 Å². The second-order valence-corrected chi connectivity index (χ2v) is 11.0. The van der Waals surface area contributed by atoms with Crippen molar-refractivity contribution in [3.8, 4) is 0 Å². The average molecular weight is 466 g/mol. The average Bonchev–Trinajstić information content (AvgIpc) is 3.54. The zero-order valence-electron chi connectivity index (χ0n) is 23.1. The molecule has 0 amide bonds. The van der Waals surface area contributed by atoms with Gasteiger partial charge in [0.1, 0.15) is 0 Å². The lowest BCUT2D eigenvalue weighted by Crippen LogP contribution is -2.27. The van der Waals surface area contributed by atoms with Crippen LogP contribution in [0.1, 0.15) is 149 Å². The first-order chi connectivity index (χ1) is 16.1. The fourth-order valence-electron chi connectivity index (χ4n) is 5.42. The lowest BCUT2D eigenvalue weighted by molar-refractivity contribution is -0.143. The van der Waals surface area contributed by atoms with E-state index in [-0.39, 0.29) is 5.97 Å². The van der Waals surface area contributed by atoms with Gasteiger partial charge in [0, 0.05) is 12.5 Å². The Kier molecular flexibility index (Phi) is 19.2. The van der Waals surface area contributed by atoms with Crippen LogP contribution in [0, 0.1) is 11.8 Å². The van der Waals surface area contributed by atoms with E-state index in [1.54, 1.807) is 0 Å². The highest BCUT2D eigenvalue weighted by molar-refractivity contribution is 5.69. The summed E-state index contributed by atoms with van der Waals surface area (Å²) in [5, 5.41) is 0. The highest BCUT2D eigenvalue weighted by atomic mass is 16.5. The Morgan fingerprint density at radius 1 is 0.727 bits per heavy atom. The third-order valence-corrected chi connectivity index (χ3v) is 7.81. The van der Waals surface area contributed by atoms with E-state index in [9.17, 15) is 4.79 Å². The number of hydrogen-bond donors (Lipinski definition) is 0. The molecule has 0 aliphatic heterocycles. The topological polar surface area (TPSA) is 29.5 Å². The summed E-state index contributed by atoms with van der Waals surface area (Å²) in [4.78, 5) is 13.8. The van der Waals surface area contributed by atoms with E-state index in [1.165, 1.54) is 122 Å². The zero-order chi connectivity index (χ0) is 24.2. The second-order valence-electron chi connectivity index (χ2n) is 11.0. The van der Waals surface area contributed by atoms with Gasteiger partial charge in [0.05, 0.1) is 6.61 Å². The van der Waals surface area contributed by atoms with Crippen molar-refractivity contribution >= 4 is 5.97 Å². The summed E-state index contributed by atoms with van der Waals surface area (Å²) in [6.45, 7) is 4.69. The van der Waals surface area contributed by atoms with Crippen molar-refractivity contribution in [3.63, 3.8) is 0 Å². The van der Waals surface area contributed by atoms with Crippen LogP contribution in [0.2, 0.25) is 0 Å². The van der Waals surface area contributed by atoms with E-state index in [2.05, 4.69) is 25.9 Å². The maximum absolute atomic E-state index is 11.3. The van der Waals surface area contributed by atoms with Crippen LogP contribution in [0.25, 0.3) is 0 Å². The van der Waals surface area contributed by atoms with Crippen LogP contribution in [0.3, 0.4) is 0 Å². The Hall–Kier alpha value is -0.570. The number of nitrogens with zero attached hydrogens (tertiary/aromatic N) is 1. The molecule has 33 heavy (non-hydrogen) atoms. The summed E-state index contributed by atoms with van der Waals surface area (Å²) in [5.74, 6) is 2.08. The molecule has 1 rings (SSSR count). The summed E-state index contributed by atoms with van der Waals surface area (Å²) >= 11 is 0. The molecule has 3 heteroatoms. The van der Waals surface area contributed by atoms with Gasteiger partial charge in [-0.05, 0) is 58.5 Å². The molecule has 0 spiro atoms. The Morgan fingerprint density at radius 3 is 1.73 bits per heavy atom. The van der Waals surface area contributed by atoms with Crippen LogP contribution in [-0.4, -0.2) is 37.6 Å². The molecule has 0 aromatic carbocycles. The molecule has 1 saturated carbocycles. The maximum atomic E-state index is 11.3. The van der Waals surface area contributed by atoms with Crippen molar-refractivity contribution in [2.75, 3.05) is 20.7 Å². The molecule has 196 valence electrons. The van der Waals surface area contributed by atoms with E-state index in [4.69, 9.17) is 4.74 Å². The van der Waals surface area contributed by atoms with Gasteiger partial charge >= 0.3 is 5.97 Å². The van der Waals surface area contributed by atoms with Crippen molar-refractivity contribution in [1.82, 2.24) is 4.90 Å². The molecular weight excluding hydrogens is 406 g/mol. The Labute approximate surface area is 207 Å². The summed E-state index contributed by atoms with van der Waals surface area (Å²) in [5.41, 5.74) is 0. The Bertz CT molecular complexity index is 451. The third-order valence-electron chi connectivity index (χ3n) is 7.81.